The molecule has 12 heavy (non-hydrogen) atoms. The molecule has 1 aliphatic heterocycles. The predicted octanol–water partition coefficient (Wildman–Crippen LogP) is 0.0653. The van der Waals surface area contributed by atoms with E-state index in [0.29, 0.717) is 0 Å². The number of hydrogen-bond donors (Lipinski definition) is 1. The van der Waals surface area contributed by atoms with Crippen molar-refractivity contribution in [2.45, 2.75) is 13.8 Å². The van der Waals surface area contributed by atoms with Gasteiger partial charge in [0.1, 0.15) is 0 Å². The molecular formula is C8H19N3O. The van der Waals surface area contributed by atoms with Gasteiger partial charge in [-0.05, 0) is 12.5 Å². The van der Waals surface area contributed by atoms with E-state index in [0.717, 1.165) is 26.2 Å². The summed E-state index contributed by atoms with van der Waals surface area (Å²) >= 11 is 0. The molecule has 0 atom stereocenters. The fraction of sp³-hybridized carbons (Fsp3) is 1.00. The van der Waals surface area contributed by atoms with Gasteiger partial charge < -0.3 is 4.90 Å². The van der Waals surface area contributed by atoms with Crippen LogP contribution in [0.5, 0.6) is 0 Å². The predicted molar refractivity (Wildman–Crippen MR) is 48.1 cm³/mol. The first-order valence-corrected chi connectivity index (χ1v) is 4.34. The Labute approximate surface area is 74.2 Å². The molecule has 0 aromatic carbocycles. The minimum atomic E-state index is 0.255. The zero-order valence-corrected chi connectivity index (χ0v) is 8.21. The molecule has 0 unspecified atom stereocenters. The Bertz CT molecular complexity index is 149. The minimum absolute atomic E-state index is 0.255. The zero-order chi connectivity index (χ0) is 9.19. The molecule has 72 valence electrons. The van der Waals surface area contributed by atoms with E-state index in [1.54, 1.807) is 0 Å². The summed E-state index contributed by atoms with van der Waals surface area (Å²) in [4.78, 5) is 7.07. The molecule has 0 aliphatic carbocycles. The highest BCUT2D eigenvalue weighted by Crippen LogP contribution is 2.20. The van der Waals surface area contributed by atoms with Crippen molar-refractivity contribution in [1.29, 1.82) is 0 Å². The molecule has 0 spiro atoms. The van der Waals surface area contributed by atoms with Crippen molar-refractivity contribution >= 4 is 0 Å². The van der Waals surface area contributed by atoms with Crippen molar-refractivity contribution in [3.8, 4) is 0 Å². The van der Waals surface area contributed by atoms with Crippen LogP contribution in [0.2, 0.25) is 0 Å². The Morgan fingerprint density at radius 3 is 2.50 bits per heavy atom. The first-order valence-electron chi connectivity index (χ1n) is 4.34. The summed E-state index contributed by atoms with van der Waals surface area (Å²) < 4.78 is 0. The van der Waals surface area contributed by atoms with Crippen LogP contribution in [0.25, 0.3) is 0 Å². The summed E-state index contributed by atoms with van der Waals surface area (Å²) in [5, 5.41) is 1.82. The summed E-state index contributed by atoms with van der Waals surface area (Å²) in [7, 11) is 2.13. The molecule has 1 rings (SSSR count). The maximum absolute atomic E-state index is 5.15. The number of hydrogen-bond acceptors (Lipinski definition) is 4. The average molecular weight is 173 g/mol. The Kier molecular flexibility index (Phi) is 3.06. The molecule has 1 heterocycles. The van der Waals surface area contributed by atoms with Crippen molar-refractivity contribution in [1.82, 2.24) is 9.96 Å². The van der Waals surface area contributed by atoms with E-state index in [-0.39, 0.29) is 5.41 Å². The van der Waals surface area contributed by atoms with E-state index in [9.17, 15) is 0 Å². The van der Waals surface area contributed by atoms with E-state index in [1.807, 2.05) is 5.06 Å². The number of likely N-dealkylation sites (N-methyl/N-ethyl adjacent to an activating group) is 1. The van der Waals surface area contributed by atoms with Crippen molar-refractivity contribution in [2.24, 2.45) is 11.3 Å². The van der Waals surface area contributed by atoms with Crippen LogP contribution in [0.3, 0.4) is 0 Å². The highest BCUT2D eigenvalue weighted by atomic mass is 16.8. The van der Waals surface area contributed by atoms with Crippen LogP contribution in [0.15, 0.2) is 0 Å². The number of nitrogens with two attached hydrogens (primary N) is 1. The fourth-order valence-corrected chi connectivity index (χ4v) is 1.79. The van der Waals surface area contributed by atoms with Gasteiger partial charge in [0.2, 0.25) is 0 Å². The Morgan fingerprint density at radius 2 is 1.92 bits per heavy atom. The van der Waals surface area contributed by atoms with Gasteiger partial charge in [-0.2, -0.15) is 11.0 Å². The van der Waals surface area contributed by atoms with E-state index < -0.39 is 0 Å². The van der Waals surface area contributed by atoms with Crippen LogP contribution in [-0.4, -0.2) is 43.2 Å². The van der Waals surface area contributed by atoms with Gasteiger partial charge in [-0.1, -0.05) is 13.8 Å². The average Bonchev–Trinajstić information content (AvgIpc) is 2.07. The molecule has 0 saturated carbocycles. The van der Waals surface area contributed by atoms with Crippen LogP contribution < -0.4 is 5.90 Å². The smallest absolute Gasteiger partial charge is 0.0387 e. The summed E-state index contributed by atoms with van der Waals surface area (Å²) in [6, 6.07) is 0. The van der Waals surface area contributed by atoms with Gasteiger partial charge in [-0.3, -0.25) is 0 Å². The Morgan fingerprint density at radius 1 is 1.25 bits per heavy atom. The molecule has 1 aliphatic rings. The molecule has 1 saturated heterocycles. The van der Waals surface area contributed by atoms with Gasteiger partial charge in [0.25, 0.3) is 0 Å². The van der Waals surface area contributed by atoms with E-state index in [2.05, 4.69) is 25.8 Å². The third kappa shape index (κ3) is 2.71. The van der Waals surface area contributed by atoms with Crippen molar-refractivity contribution in [3.05, 3.63) is 0 Å². The van der Waals surface area contributed by atoms with Crippen molar-refractivity contribution in [2.75, 3.05) is 33.2 Å². The van der Waals surface area contributed by atoms with Crippen LogP contribution in [-0.2, 0) is 4.94 Å². The lowest BCUT2D eigenvalue weighted by molar-refractivity contribution is -0.171. The minimum Gasteiger partial charge on any atom is -0.304 e. The molecule has 4 nitrogen and oxygen atoms in total. The van der Waals surface area contributed by atoms with Gasteiger partial charge >= 0.3 is 0 Å². The van der Waals surface area contributed by atoms with Gasteiger partial charge in [-0.25, -0.2) is 4.94 Å². The van der Waals surface area contributed by atoms with Crippen LogP contribution in [0.1, 0.15) is 13.8 Å². The number of nitrogens with zero attached hydrogens (tertiary/aromatic N) is 2. The molecule has 0 radical (unpaired) electrons. The van der Waals surface area contributed by atoms with Gasteiger partial charge in [0.15, 0.2) is 0 Å². The maximum atomic E-state index is 5.15. The molecule has 0 amide bonds. The fourth-order valence-electron chi connectivity index (χ4n) is 1.79. The van der Waals surface area contributed by atoms with E-state index in [1.165, 1.54) is 0 Å². The largest absolute Gasteiger partial charge is 0.304 e. The third-order valence-electron chi connectivity index (χ3n) is 2.18. The highest BCUT2D eigenvalue weighted by molar-refractivity contribution is 4.78. The highest BCUT2D eigenvalue weighted by Gasteiger charge is 2.27. The van der Waals surface area contributed by atoms with Crippen molar-refractivity contribution in [3.63, 3.8) is 0 Å². The van der Waals surface area contributed by atoms with Gasteiger partial charge in [0.05, 0.1) is 0 Å². The lowest BCUT2D eigenvalue weighted by Gasteiger charge is -2.28. The second-order valence-corrected chi connectivity index (χ2v) is 4.37. The van der Waals surface area contributed by atoms with Crippen LogP contribution in [0, 0.1) is 5.41 Å². The quantitative estimate of drug-likeness (QED) is 0.570. The van der Waals surface area contributed by atoms with Crippen LogP contribution in [0.4, 0.5) is 0 Å². The number of rotatable bonds is 1. The second kappa shape index (κ2) is 3.70. The van der Waals surface area contributed by atoms with Crippen molar-refractivity contribution < 1.29 is 4.94 Å². The summed E-state index contributed by atoms with van der Waals surface area (Å²) in [5.41, 5.74) is 0.255. The first-order chi connectivity index (χ1) is 5.53. The molecule has 4 heteroatoms. The summed E-state index contributed by atoms with van der Waals surface area (Å²) in [6.07, 6.45) is 0. The third-order valence-corrected chi connectivity index (χ3v) is 2.18. The molecule has 0 aromatic heterocycles. The van der Waals surface area contributed by atoms with Gasteiger partial charge in [-0.15, -0.1) is 0 Å². The Hall–Kier alpha value is -0.160. The lowest BCUT2D eigenvalue weighted by atomic mass is 9.93. The normalized spacial score (nSPS) is 27.0. The second-order valence-electron chi connectivity index (χ2n) is 4.37. The zero-order valence-electron chi connectivity index (χ0n) is 8.21. The Balaban J connectivity index is 2.56. The van der Waals surface area contributed by atoms with E-state index >= 15 is 0 Å². The topological polar surface area (TPSA) is 41.7 Å². The molecule has 1 fully saturated rings. The summed E-state index contributed by atoms with van der Waals surface area (Å²) in [6.45, 7) is 8.33. The number of hydroxylamine groups is 2. The van der Waals surface area contributed by atoms with E-state index in [4.69, 9.17) is 10.8 Å². The molecule has 0 bridgehead atoms. The standard InChI is InChI=1S/C8H19N3O/c1-8(2)6-10(3)4-5-11(7-8)12-9/h4-7,9H2,1-3H3. The summed E-state index contributed by atoms with van der Waals surface area (Å²) in [5.74, 6) is 5.15. The molecular weight excluding hydrogens is 154 g/mol. The monoisotopic (exact) mass is 173 g/mol. The lowest BCUT2D eigenvalue weighted by Crippen LogP contribution is -2.36. The van der Waals surface area contributed by atoms with Crippen LogP contribution >= 0.6 is 0 Å². The first kappa shape index (κ1) is 9.92. The van der Waals surface area contributed by atoms with Gasteiger partial charge in [0, 0.05) is 26.2 Å². The SMILES string of the molecule is CN1CCN(ON)CC(C)(C)C1. The maximum Gasteiger partial charge on any atom is 0.0387 e. The molecule has 2 N–H and O–H groups in total. The molecule has 0 aromatic rings.